The largest absolute Gasteiger partial charge is 0.501 e. The molecule has 0 atom stereocenters. The van der Waals surface area contributed by atoms with Crippen molar-refractivity contribution in [2.75, 3.05) is 5.32 Å². The van der Waals surface area contributed by atoms with Gasteiger partial charge >= 0.3 is 16.9 Å². The minimum atomic E-state index is -5.53. The van der Waals surface area contributed by atoms with Crippen LogP contribution in [0.15, 0.2) is 63.0 Å². The maximum atomic E-state index is 13.2. The fraction of sp³-hybridized carbons (Fsp3) is 0.250. The van der Waals surface area contributed by atoms with E-state index < -0.39 is 43.5 Å². The van der Waals surface area contributed by atoms with E-state index in [9.17, 15) is 35.6 Å². The molecule has 2 aromatic carbocycles. The van der Waals surface area contributed by atoms with Crippen molar-refractivity contribution in [1.29, 1.82) is 0 Å². The Bertz CT molecular complexity index is 1380. The second-order valence-corrected chi connectivity index (χ2v) is 9.22. The number of rotatable bonds is 6. The van der Waals surface area contributed by atoms with E-state index in [2.05, 4.69) is 10.3 Å². The van der Waals surface area contributed by atoms with Gasteiger partial charge in [0.05, 0.1) is 11.4 Å². The molecule has 0 spiro atoms. The van der Waals surface area contributed by atoms with Gasteiger partial charge in [-0.2, -0.15) is 18.2 Å². The van der Waals surface area contributed by atoms with Gasteiger partial charge in [-0.1, -0.05) is 12.1 Å². The first kappa shape index (κ1) is 24.2. The Morgan fingerprint density at radius 1 is 1.00 bits per heavy atom. The van der Waals surface area contributed by atoms with E-state index in [0.29, 0.717) is 5.56 Å². The summed E-state index contributed by atoms with van der Waals surface area (Å²) in [4.78, 5) is 28.3. The first-order chi connectivity index (χ1) is 15.3. The highest BCUT2D eigenvalue weighted by Crippen LogP contribution is 2.31. The maximum absolute atomic E-state index is 13.2. The Hall–Kier alpha value is -3.48. The fourth-order valence-electron chi connectivity index (χ4n) is 2.94. The van der Waals surface area contributed by atoms with Crippen molar-refractivity contribution in [3.63, 3.8) is 0 Å². The van der Waals surface area contributed by atoms with E-state index in [1.165, 1.54) is 24.3 Å². The lowest BCUT2D eigenvalue weighted by Gasteiger charge is -2.17. The third kappa shape index (κ3) is 4.97. The van der Waals surface area contributed by atoms with Crippen molar-refractivity contribution in [1.82, 2.24) is 14.1 Å². The van der Waals surface area contributed by atoms with Crippen molar-refractivity contribution < 1.29 is 26.0 Å². The van der Waals surface area contributed by atoms with Crippen LogP contribution in [-0.4, -0.2) is 28.0 Å². The third-order valence-electron chi connectivity index (χ3n) is 4.60. The first-order valence-electron chi connectivity index (χ1n) is 9.47. The molecule has 0 radical (unpaired) electrons. The summed E-state index contributed by atoms with van der Waals surface area (Å²) in [7, 11) is -5.53. The normalized spacial score (nSPS) is 12.2. The molecule has 13 heteroatoms. The molecule has 0 bridgehead atoms. The van der Waals surface area contributed by atoms with Crippen molar-refractivity contribution in [2.24, 2.45) is 0 Å². The minimum Gasteiger partial charge on any atom is -0.325 e. The number of hydrogen-bond acceptors (Lipinski definition) is 6. The van der Waals surface area contributed by atoms with Crippen molar-refractivity contribution >= 4 is 21.5 Å². The average Bonchev–Trinajstić information content (AvgIpc) is 2.71. The summed E-state index contributed by atoms with van der Waals surface area (Å²) < 4.78 is 76.5. The van der Waals surface area contributed by atoms with Crippen LogP contribution in [0.2, 0.25) is 0 Å². The standard InChI is InChI=1S/C20H18F4N4O4S/c1-12(2)28-18(29)26-17(27(19(28)30)11-13-3-5-14(21)6-4-13)25-15-7-9-16(10-8-15)33(31,32)20(22,23)24/h3-10,12H,11H2,1-2H3,(H,25,26,29). The number of nitrogens with one attached hydrogen (secondary N) is 1. The van der Waals surface area contributed by atoms with Gasteiger partial charge in [0.1, 0.15) is 5.82 Å². The van der Waals surface area contributed by atoms with Crippen LogP contribution in [0.3, 0.4) is 0 Å². The summed E-state index contributed by atoms with van der Waals surface area (Å²) in [6.07, 6.45) is 0. The zero-order chi connectivity index (χ0) is 24.6. The van der Waals surface area contributed by atoms with E-state index in [1.54, 1.807) is 13.8 Å². The summed E-state index contributed by atoms with van der Waals surface area (Å²) in [6, 6.07) is 8.31. The Morgan fingerprint density at radius 2 is 1.58 bits per heavy atom. The van der Waals surface area contributed by atoms with Crippen LogP contribution >= 0.6 is 0 Å². The van der Waals surface area contributed by atoms with Gasteiger partial charge in [-0.3, -0.25) is 4.57 Å². The molecule has 3 aromatic rings. The predicted molar refractivity (Wildman–Crippen MR) is 112 cm³/mol. The highest BCUT2D eigenvalue weighted by atomic mass is 32.2. The summed E-state index contributed by atoms with van der Waals surface area (Å²) in [6.45, 7) is 3.13. The zero-order valence-corrected chi connectivity index (χ0v) is 18.1. The Morgan fingerprint density at radius 3 is 2.09 bits per heavy atom. The number of benzene rings is 2. The molecule has 0 saturated heterocycles. The van der Waals surface area contributed by atoms with Gasteiger partial charge in [0.15, 0.2) is 0 Å². The number of halogens is 4. The summed E-state index contributed by atoms with van der Waals surface area (Å²) >= 11 is 0. The van der Waals surface area contributed by atoms with Crippen LogP contribution in [-0.2, 0) is 16.4 Å². The van der Waals surface area contributed by atoms with Crippen LogP contribution in [0.25, 0.3) is 0 Å². The van der Waals surface area contributed by atoms with E-state index in [0.717, 1.165) is 33.4 Å². The van der Waals surface area contributed by atoms with Gasteiger partial charge in [-0.25, -0.2) is 27.0 Å². The molecule has 0 amide bonds. The second-order valence-electron chi connectivity index (χ2n) is 7.28. The van der Waals surface area contributed by atoms with Crippen molar-refractivity contribution in [3.05, 3.63) is 80.9 Å². The number of nitrogens with zero attached hydrogens (tertiary/aromatic N) is 3. The van der Waals surface area contributed by atoms with Crippen LogP contribution in [0.4, 0.5) is 29.2 Å². The van der Waals surface area contributed by atoms with E-state index in [4.69, 9.17) is 0 Å². The number of anilines is 2. The molecular weight excluding hydrogens is 468 g/mol. The Labute approximate surface area is 185 Å². The summed E-state index contributed by atoms with van der Waals surface area (Å²) in [5.74, 6) is -0.707. The first-order valence-corrected chi connectivity index (χ1v) is 11.0. The van der Waals surface area contributed by atoms with Gasteiger partial charge in [-0.05, 0) is 55.8 Å². The lowest BCUT2D eigenvalue weighted by molar-refractivity contribution is -0.0436. The van der Waals surface area contributed by atoms with Crippen LogP contribution in [0.5, 0.6) is 0 Å². The SMILES string of the molecule is CC(C)n1c(=O)nc(Nc2ccc(S(=O)(=O)C(F)(F)F)cc2)n(Cc2ccc(F)cc2)c1=O. The molecule has 1 aromatic heterocycles. The molecule has 0 aliphatic rings. The van der Waals surface area contributed by atoms with Gasteiger partial charge in [0.2, 0.25) is 5.95 Å². The molecule has 0 unspecified atom stereocenters. The van der Waals surface area contributed by atoms with Crippen molar-refractivity contribution in [3.8, 4) is 0 Å². The molecule has 0 fully saturated rings. The monoisotopic (exact) mass is 486 g/mol. The summed E-state index contributed by atoms with van der Waals surface area (Å²) in [5.41, 5.74) is -6.43. The van der Waals surface area contributed by atoms with Gasteiger partial charge in [0.25, 0.3) is 9.84 Å². The molecular formula is C20H18F4N4O4S. The topological polar surface area (TPSA) is 103 Å². The van der Waals surface area contributed by atoms with Crippen LogP contribution in [0, 0.1) is 5.82 Å². The van der Waals surface area contributed by atoms with Gasteiger partial charge < -0.3 is 5.32 Å². The molecule has 0 aliphatic heterocycles. The zero-order valence-electron chi connectivity index (χ0n) is 17.3. The highest BCUT2D eigenvalue weighted by molar-refractivity contribution is 7.92. The highest BCUT2D eigenvalue weighted by Gasteiger charge is 2.46. The predicted octanol–water partition coefficient (Wildman–Crippen LogP) is 3.21. The van der Waals surface area contributed by atoms with E-state index >= 15 is 0 Å². The molecule has 176 valence electrons. The lowest BCUT2D eigenvalue weighted by Crippen LogP contribution is -2.43. The quantitative estimate of drug-likeness (QED) is 0.537. The van der Waals surface area contributed by atoms with Gasteiger partial charge in [0, 0.05) is 11.7 Å². The molecule has 33 heavy (non-hydrogen) atoms. The number of aromatic nitrogens is 3. The van der Waals surface area contributed by atoms with E-state index in [-0.39, 0.29) is 18.2 Å². The molecule has 0 aliphatic carbocycles. The van der Waals surface area contributed by atoms with Gasteiger partial charge in [-0.15, -0.1) is 0 Å². The minimum absolute atomic E-state index is 0.0811. The smallest absolute Gasteiger partial charge is 0.325 e. The molecule has 1 heterocycles. The fourth-order valence-corrected chi connectivity index (χ4v) is 3.70. The molecule has 8 nitrogen and oxygen atoms in total. The Kier molecular flexibility index (Phi) is 6.45. The number of sulfone groups is 1. The average molecular weight is 486 g/mol. The van der Waals surface area contributed by atoms with E-state index in [1.807, 2.05) is 0 Å². The number of alkyl halides is 3. The van der Waals surface area contributed by atoms with Crippen LogP contribution in [0.1, 0.15) is 25.5 Å². The second kappa shape index (κ2) is 8.81. The summed E-state index contributed by atoms with van der Waals surface area (Å²) in [5, 5.41) is 2.66. The lowest BCUT2D eigenvalue weighted by atomic mass is 10.2. The number of hydrogen-bond donors (Lipinski definition) is 1. The maximum Gasteiger partial charge on any atom is 0.501 e. The molecule has 1 N–H and O–H groups in total. The van der Waals surface area contributed by atoms with Crippen molar-refractivity contribution in [2.45, 2.75) is 36.8 Å². The van der Waals surface area contributed by atoms with Crippen LogP contribution < -0.4 is 16.7 Å². The Balaban J connectivity index is 2.04. The third-order valence-corrected chi connectivity index (χ3v) is 6.10. The molecule has 3 rings (SSSR count). The molecule has 0 saturated carbocycles.